The Labute approximate surface area is 103 Å². The highest BCUT2D eigenvalue weighted by atomic mass is 16.5. The summed E-state index contributed by atoms with van der Waals surface area (Å²) in [4.78, 5) is 13.5. The van der Waals surface area contributed by atoms with Crippen molar-refractivity contribution in [3.8, 4) is 0 Å². The van der Waals surface area contributed by atoms with Crippen LogP contribution < -0.4 is 0 Å². The highest BCUT2D eigenvalue weighted by Crippen LogP contribution is 2.29. The molecule has 0 aromatic carbocycles. The van der Waals surface area contributed by atoms with Crippen molar-refractivity contribution in [1.82, 2.24) is 4.90 Å². The molecule has 0 aliphatic carbocycles. The Balaban J connectivity index is 2.45. The van der Waals surface area contributed by atoms with Gasteiger partial charge in [0.2, 0.25) is 0 Å². The molecule has 1 atom stereocenters. The number of aliphatic carboxylic acids is 1. The Kier molecular flexibility index (Phi) is 5.88. The van der Waals surface area contributed by atoms with Gasteiger partial charge in [-0.05, 0) is 26.3 Å². The van der Waals surface area contributed by atoms with E-state index in [1.807, 2.05) is 7.05 Å². The van der Waals surface area contributed by atoms with Crippen molar-refractivity contribution in [2.75, 3.05) is 47.1 Å². The fraction of sp³-hybridized carbons (Fsp3) is 0.917. The maximum Gasteiger partial charge on any atom is 0.313 e. The molecule has 17 heavy (non-hydrogen) atoms. The van der Waals surface area contributed by atoms with Crippen molar-refractivity contribution >= 4 is 5.97 Å². The topological polar surface area (TPSA) is 59.0 Å². The second kappa shape index (κ2) is 6.93. The molecule has 1 saturated heterocycles. The Bertz CT molecular complexity index is 239. The molecular weight excluding hydrogens is 222 g/mol. The van der Waals surface area contributed by atoms with Gasteiger partial charge in [0.25, 0.3) is 0 Å². The molecule has 0 saturated carbocycles. The van der Waals surface area contributed by atoms with Gasteiger partial charge in [-0.2, -0.15) is 0 Å². The molecule has 0 amide bonds. The molecular formula is C12H23NO4. The molecule has 1 fully saturated rings. The van der Waals surface area contributed by atoms with Crippen molar-refractivity contribution in [3.05, 3.63) is 0 Å². The lowest BCUT2D eigenvalue weighted by Gasteiger charge is -2.36. The van der Waals surface area contributed by atoms with E-state index < -0.39 is 11.4 Å². The molecule has 0 spiro atoms. The van der Waals surface area contributed by atoms with Crippen LogP contribution in [0.3, 0.4) is 0 Å². The molecule has 0 aromatic heterocycles. The third kappa shape index (κ3) is 4.26. The summed E-state index contributed by atoms with van der Waals surface area (Å²) in [6, 6.07) is 0. The van der Waals surface area contributed by atoms with Crippen LogP contribution in [0.25, 0.3) is 0 Å². The van der Waals surface area contributed by atoms with Gasteiger partial charge in [-0.15, -0.1) is 0 Å². The van der Waals surface area contributed by atoms with Crippen molar-refractivity contribution in [2.45, 2.75) is 19.3 Å². The average molecular weight is 245 g/mol. The first-order valence-corrected chi connectivity index (χ1v) is 6.09. The second-order valence-corrected chi connectivity index (χ2v) is 4.83. The van der Waals surface area contributed by atoms with Gasteiger partial charge in [-0.1, -0.05) is 0 Å². The van der Waals surface area contributed by atoms with Gasteiger partial charge in [0.1, 0.15) is 5.41 Å². The minimum atomic E-state index is -0.740. The SMILES string of the molecule is COCCCN(C)CC1(C(=O)O)CCCOC1. The van der Waals surface area contributed by atoms with E-state index in [1.165, 1.54) is 0 Å². The summed E-state index contributed by atoms with van der Waals surface area (Å²) in [6.07, 6.45) is 2.46. The number of ether oxygens (including phenoxy) is 2. The first kappa shape index (κ1) is 14.4. The number of carbonyl (C=O) groups is 1. The van der Waals surface area contributed by atoms with E-state index >= 15 is 0 Å². The molecule has 1 unspecified atom stereocenters. The highest BCUT2D eigenvalue weighted by Gasteiger charge is 2.41. The number of hydrogen-bond acceptors (Lipinski definition) is 4. The minimum Gasteiger partial charge on any atom is -0.481 e. The zero-order chi connectivity index (χ0) is 12.7. The molecule has 1 N–H and O–H groups in total. The third-order valence-corrected chi connectivity index (χ3v) is 3.24. The predicted octanol–water partition coefficient (Wildman–Crippen LogP) is 0.836. The van der Waals surface area contributed by atoms with E-state index in [-0.39, 0.29) is 0 Å². The fourth-order valence-corrected chi connectivity index (χ4v) is 2.29. The molecule has 1 heterocycles. The number of rotatable bonds is 7. The van der Waals surface area contributed by atoms with Crippen LogP contribution in [0, 0.1) is 5.41 Å². The average Bonchev–Trinajstić information content (AvgIpc) is 2.30. The maximum atomic E-state index is 11.4. The maximum absolute atomic E-state index is 11.4. The van der Waals surface area contributed by atoms with E-state index in [1.54, 1.807) is 7.11 Å². The van der Waals surface area contributed by atoms with Crippen molar-refractivity contribution < 1.29 is 19.4 Å². The van der Waals surface area contributed by atoms with Gasteiger partial charge in [-0.25, -0.2) is 0 Å². The lowest BCUT2D eigenvalue weighted by molar-refractivity contribution is -0.159. The Morgan fingerprint density at radius 1 is 1.59 bits per heavy atom. The summed E-state index contributed by atoms with van der Waals surface area (Å²) in [5.74, 6) is -0.740. The second-order valence-electron chi connectivity index (χ2n) is 4.83. The molecule has 1 rings (SSSR count). The molecule has 100 valence electrons. The van der Waals surface area contributed by atoms with Gasteiger partial charge < -0.3 is 19.5 Å². The largest absolute Gasteiger partial charge is 0.481 e. The standard InChI is InChI=1S/C12H23NO4/c1-13(6-4-7-16-2)9-12(11(14)15)5-3-8-17-10-12/h3-10H2,1-2H3,(H,14,15). The summed E-state index contributed by atoms with van der Waals surface area (Å²) in [6.45, 7) is 3.12. The summed E-state index contributed by atoms with van der Waals surface area (Å²) in [7, 11) is 3.63. The van der Waals surface area contributed by atoms with Gasteiger partial charge >= 0.3 is 5.97 Å². The van der Waals surface area contributed by atoms with Crippen LogP contribution in [0.4, 0.5) is 0 Å². The van der Waals surface area contributed by atoms with Crippen LogP contribution in [-0.2, 0) is 14.3 Å². The van der Waals surface area contributed by atoms with Crippen molar-refractivity contribution in [3.63, 3.8) is 0 Å². The summed E-state index contributed by atoms with van der Waals surface area (Å²) < 4.78 is 10.3. The molecule has 5 nitrogen and oxygen atoms in total. The van der Waals surface area contributed by atoms with E-state index in [9.17, 15) is 9.90 Å². The van der Waals surface area contributed by atoms with Crippen LogP contribution in [0.15, 0.2) is 0 Å². The van der Waals surface area contributed by atoms with Gasteiger partial charge in [0.05, 0.1) is 6.61 Å². The van der Waals surface area contributed by atoms with E-state index in [0.717, 1.165) is 19.4 Å². The number of nitrogens with zero attached hydrogens (tertiary/aromatic N) is 1. The highest BCUT2D eigenvalue weighted by molar-refractivity contribution is 5.75. The van der Waals surface area contributed by atoms with E-state index in [0.29, 0.717) is 32.8 Å². The number of carboxylic acids is 1. The van der Waals surface area contributed by atoms with E-state index in [4.69, 9.17) is 9.47 Å². The number of methoxy groups -OCH3 is 1. The fourth-order valence-electron chi connectivity index (χ4n) is 2.29. The number of carboxylic acid groups (broad SMARTS) is 1. The Hall–Kier alpha value is -0.650. The molecule has 5 heteroatoms. The molecule has 0 aromatic rings. The van der Waals surface area contributed by atoms with Crippen LogP contribution >= 0.6 is 0 Å². The van der Waals surface area contributed by atoms with Crippen molar-refractivity contribution in [1.29, 1.82) is 0 Å². The molecule has 1 aliphatic heterocycles. The normalized spacial score (nSPS) is 25.1. The molecule has 0 bridgehead atoms. The van der Waals surface area contributed by atoms with Gasteiger partial charge in [-0.3, -0.25) is 4.79 Å². The van der Waals surface area contributed by atoms with Crippen LogP contribution in [0.5, 0.6) is 0 Å². The monoisotopic (exact) mass is 245 g/mol. The lowest BCUT2D eigenvalue weighted by atomic mass is 9.82. The summed E-state index contributed by atoms with van der Waals surface area (Å²) in [5.41, 5.74) is -0.722. The van der Waals surface area contributed by atoms with Crippen LogP contribution in [0.1, 0.15) is 19.3 Å². The first-order chi connectivity index (χ1) is 8.10. The third-order valence-electron chi connectivity index (χ3n) is 3.24. The Morgan fingerprint density at radius 2 is 2.35 bits per heavy atom. The quantitative estimate of drug-likeness (QED) is 0.673. The van der Waals surface area contributed by atoms with Gasteiger partial charge in [0.15, 0.2) is 0 Å². The zero-order valence-electron chi connectivity index (χ0n) is 10.8. The smallest absolute Gasteiger partial charge is 0.313 e. The van der Waals surface area contributed by atoms with E-state index in [2.05, 4.69) is 4.90 Å². The zero-order valence-corrected chi connectivity index (χ0v) is 10.8. The Morgan fingerprint density at radius 3 is 2.88 bits per heavy atom. The molecule has 1 aliphatic rings. The minimum absolute atomic E-state index is 0.330. The predicted molar refractivity (Wildman–Crippen MR) is 64.1 cm³/mol. The lowest BCUT2D eigenvalue weighted by Crippen LogP contribution is -2.47. The number of hydrogen-bond donors (Lipinski definition) is 1. The van der Waals surface area contributed by atoms with Gasteiger partial charge in [0, 0.05) is 33.4 Å². The first-order valence-electron chi connectivity index (χ1n) is 6.09. The molecule has 0 radical (unpaired) electrons. The van der Waals surface area contributed by atoms with Crippen LogP contribution in [0.2, 0.25) is 0 Å². The van der Waals surface area contributed by atoms with Crippen LogP contribution in [-0.4, -0.2) is 63.0 Å². The summed E-state index contributed by atoms with van der Waals surface area (Å²) in [5, 5.41) is 9.38. The summed E-state index contributed by atoms with van der Waals surface area (Å²) >= 11 is 0. The van der Waals surface area contributed by atoms with Crippen molar-refractivity contribution in [2.24, 2.45) is 5.41 Å².